The number of nitrogens with zero attached hydrogens (tertiary/aromatic N) is 1. The van der Waals surface area contributed by atoms with Crippen molar-refractivity contribution in [2.75, 3.05) is 19.7 Å². The summed E-state index contributed by atoms with van der Waals surface area (Å²) < 4.78 is 5.88. The van der Waals surface area contributed by atoms with E-state index in [2.05, 4.69) is 4.90 Å². The molecule has 1 aromatic heterocycles. The fourth-order valence-corrected chi connectivity index (χ4v) is 3.32. The van der Waals surface area contributed by atoms with Crippen LogP contribution in [0.4, 0.5) is 0 Å². The van der Waals surface area contributed by atoms with E-state index in [1.54, 1.807) is 6.07 Å². The number of aliphatic hydroxyl groups excluding tert-OH is 2. The van der Waals surface area contributed by atoms with Gasteiger partial charge in [0.05, 0.1) is 22.7 Å². The first-order chi connectivity index (χ1) is 11.1. The van der Waals surface area contributed by atoms with E-state index in [9.17, 15) is 10.2 Å². The average molecular weight is 356 g/mol. The first-order valence-electron chi connectivity index (χ1n) is 7.63. The lowest BCUT2D eigenvalue weighted by atomic mass is 9.95. The molecule has 2 atom stereocenters. The van der Waals surface area contributed by atoms with E-state index in [4.69, 9.17) is 27.6 Å². The summed E-state index contributed by atoms with van der Waals surface area (Å²) in [6, 6.07) is 9.24. The van der Waals surface area contributed by atoms with Gasteiger partial charge < -0.3 is 14.6 Å². The van der Waals surface area contributed by atoms with Crippen LogP contribution in [-0.2, 0) is 6.54 Å². The van der Waals surface area contributed by atoms with Crippen LogP contribution in [0.3, 0.4) is 0 Å². The molecule has 0 bridgehead atoms. The summed E-state index contributed by atoms with van der Waals surface area (Å²) >= 11 is 12.3. The van der Waals surface area contributed by atoms with Crippen molar-refractivity contribution in [1.29, 1.82) is 0 Å². The second-order valence-corrected chi connectivity index (χ2v) is 6.69. The molecule has 2 aromatic rings. The lowest BCUT2D eigenvalue weighted by Gasteiger charge is -2.34. The lowest BCUT2D eigenvalue weighted by Crippen LogP contribution is -2.44. The van der Waals surface area contributed by atoms with Gasteiger partial charge >= 0.3 is 0 Å². The van der Waals surface area contributed by atoms with Crippen molar-refractivity contribution in [3.05, 3.63) is 46.1 Å². The molecule has 1 fully saturated rings. The topological polar surface area (TPSA) is 56.8 Å². The van der Waals surface area contributed by atoms with Crippen molar-refractivity contribution in [2.24, 2.45) is 5.92 Å². The molecule has 0 unspecified atom stereocenters. The van der Waals surface area contributed by atoms with Crippen molar-refractivity contribution in [2.45, 2.75) is 19.1 Å². The van der Waals surface area contributed by atoms with E-state index in [-0.39, 0.29) is 12.5 Å². The first-order valence-corrected chi connectivity index (χ1v) is 8.38. The summed E-state index contributed by atoms with van der Waals surface area (Å²) in [4.78, 5) is 2.12. The van der Waals surface area contributed by atoms with Crippen LogP contribution in [0.2, 0.25) is 10.0 Å². The van der Waals surface area contributed by atoms with Gasteiger partial charge in [0.2, 0.25) is 0 Å². The molecule has 23 heavy (non-hydrogen) atoms. The van der Waals surface area contributed by atoms with Crippen LogP contribution in [0, 0.1) is 5.92 Å². The molecule has 1 aromatic carbocycles. The van der Waals surface area contributed by atoms with Crippen LogP contribution in [-0.4, -0.2) is 40.9 Å². The van der Waals surface area contributed by atoms with Gasteiger partial charge in [-0.05, 0) is 37.2 Å². The van der Waals surface area contributed by atoms with Crippen molar-refractivity contribution < 1.29 is 14.6 Å². The fourth-order valence-electron chi connectivity index (χ4n) is 2.92. The van der Waals surface area contributed by atoms with Crippen LogP contribution < -0.4 is 0 Å². The number of hydrogen-bond acceptors (Lipinski definition) is 4. The second kappa shape index (κ2) is 7.24. The predicted molar refractivity (Wildman–Crippen MR) is 90.6 cm³/mol. The molecular formula is C17H19Cl2NO3. The van der Waals surface area contributed by atoms with Gasteiger partial charge in [0.15, 0.2) is 0 Å². The Morgan fingerprint density at radius 3 is 2.78 bits per heavy atom. The highest BCUT2D eigenvalue weighted by atomic mass is 35.5. The van der Waals surface area contributed by atoms with E-state index in [1.807, 2.05) is 24.3 Å². The third-order valence-electron chi connectivity index (χ3n) is 4.30. The average Bonchev–Trinajstić information content (AvgIpc) is 2.98. The molecule has 1 saturated heterocycles. The molecule has 2 N–H and O–H groups in total. The minimum atomic E-state index is -0.495. The van der Waals surface area contributed by atoms with E-state index < -0.39 is 6.10 Å². The van der Waals surface area contributed by atoms with Gasteiger partial charge in [-0.15, -0.1) is 0 Å². The maximum absolute atomic E-state index is 10.0. The standard InChI is InChI=1S/C17H19Cl2NO3/c18-14-3-1-2-13(17(14)19)16-5-4-12(23-16)8-20-7-6-11(10-21)15(22)9-20/h1-5,11,15,21-22H,6-10H2/t11-,15+/m1/s1. The Morgan fingerprint density at radius 1 is 1.22 bits per heavy atom. The normalized spacial score (nSPS) is 22.4. The summed E-state index contributed by atoms with van der Waals surface area (Å²) in [6.07, 6.45) is 0.288. The highest BCUT2D eigenvalue weighted by Gasteiger charge is 2.27. The predicted octanol–water partition coefficient (Wildman–Crippen LogP) is 3.43. The Labute approximate surface area is 145 Å². The van der Waals surface area contributed by atoms with Crippen molar-refractivity contribution in [1.82, 2.24) is 4.90 Å². The maximum Gasteiger partial charge on any atom is 0.135 e. The summed E-state index contributed by atoms with van der Waals surface area (Å²) in [5.41, 5.74) is 0.768. The maximum atomic E-state index is 10.0. The molecule has 0 saturated carbocycles. The Bertz CT molecular complexity index is 674. The molecule has 0 spiro atoms. The zero-order valence-corrected chi connectivity index (χ0v) is 14.1. The van der Waals surface area contributed by atoms with Gasteiger partial charge in [-0.3, -0.25) is 4.90 Å². The van der Waals surface area contributed by atoms with E-state index in [0.717, 1.165) is 24.3 Å². The van der Waals surface area contributed by atoms with Gasteiger partial charge in [0, 0.05) is 24.6 Å². The first kappa shape index (κ1) is 16.8. The van der Waals surface area contributed by atoms with E-state index in [0.29, 0.717) is 28.9 Å². The van der Waals surface area contributed by atoms with Crippen LogP contribution in [0.5, 0.6) is 0 Å². The minimum Gasteiger partial charge on any atom is -0.460 e. The van der Waals surface area contributed by atoms with Gasteiger partial charge in [-0.25, -0.2) is 0 Å². The molecular weight excluding hydrogens is 337 g/mol. The SMILES string of the molecule is OC[C@H]1CCN(Cc2ccc(-c3cccc(Cl)c3Cl)o2)C[C@@H]1O. The number of halogens is 2. The Morgan fingerprint density at radius 2 is 2.04 bits per heavy atom. The highest BCUT2D eigenvalue weighted by molar-refractivity contribution is 6.43. The molecule has 124 valence electrons. The monoisotopic (exact) mass is 355 g/mol. The molecule has 0 radical (unpaired) electrons. The van der Waals surface area contributed by atoms with Crippen LogP contribution >= 0.6 is 23.2 Å². The number of benzene rings is 1. The number of hydrogen-bond donors (Lipinski definition) is 2. The van der Waals surface area contributed by atoms with Crippen LogP contribution in [0.25, 0.3) is 11.3 Å². The number of likely N-dealkylation sites (tertiary alicyclic amines) is 1. The third-order valence-corrected chi connectivity index (χ3v) is 5.12. The van der Waals surface area contributed by atoms with Crippen molar-refractivity contribution >= 4 is 23.2 Å². The Balaban J connectivity index is 1.70. The van der Waals surface area contributed by atoms with Crippen molar-refractivity contribution in [3.8, 4) is 11.3 Å². The zero-order chi connectivity index (χ0) is 16.4. The van der Waals surface area contributed by atoms with Crippen LogP contribution in [0.1, 0.15) is 12.2 Å². The molecule has 1 aliphatic heterocycles. The smallest absolute Gasteiger partial charge is 0.135 e. The van der Waals surface area contributed by atoms with Gasteiger partial charge in [0.25, 0.3) is 0 Å². The minimum absolute atomic E-state index is 0.0244. The number of piperidine rings is 1. The summed E-state index contributed by atoms with van der Waals surface area (Å²) in [5.74, 6) is 1.47. The largest absolute Gasteiger partial charge is 0.460 e. The molecule has 3 rings (SSSR count). The Hall–Kier alpha value is -1.04. The molecule has 2 heterocycles. The molecule has 4 nitrogen and oxygen atoms in total. The summed E-state index contributed by atoms with van der Waals surface area (Å²) in [5, 5.41) is 20.2. The third kappa shape index (κ3) is 3.73. The van der Waals surface area contributed by atoms with Gasteiger partial charge in [-0.2, -0.15) is 0 Å². The number of rotatable bonds is 4. The number of aliphatic hydroxyl groups is 2. The Kier molecular flexibility index (Phi) is 5.29. The highest BCUT2D eigenvalue weighted by Crippen LogP contribution is 2.34. The van der Waals surface area contributed by atoms with Crippen molar-refractivity contribution in [3.63, 3.8) is 0 Å². The van der Waals surface area contributed by atoms with E-state index >= 15 is 0 Å². The number of furan rings is 1. The summed E-state index contributed by atoms with van der Waals surface area (Å²) in [7, 11) is 0. The summed E-state index contributed by atoms with van der Waals surface area (Å²) in [6.45, 7) is 2.02. The molecule has 0 amide bonds. The second-order valence-electron chi connectivity index (χ2n) is 5.90. The number of β-amino-alcohol motifs (C(OH)–C–C–N with tert-alkyl or cyclic N) is 1. The molecule has 0 aliphatic carbocycles. The molecule has 6 heteroatoms. The van der Waals surface area contributed by atoms with Crippen LogP contribution in [0.15, 0.2) is 34.7 Å². The lowest BCUT2D eigenvalue weighted by molar-refractivity contribution is -0.00615. The molecule has 1 aliphatic rings. The fraction of sp³-hybridized carbons (Fsp3) is 0.412. The quantitative estimate of drug-likeness (QED) is 0.881. The zero-order valence-electron chi connectivity index (χ0n) is 12.6. The van der Waals surface area contributed by atoms with Gasteiger partial charge in [-0.1, -0.05) is 29.3 Å². The van der Waals surface area contributed by atoms with E-state index in [1.165, 1.54) is 0 Å². The van der Waals surface area contributed by atoms with Gasteiger partial charge in [0.1, 0.15) is 11.5 Å².